The monoisotopic (exact) mass is 388 g/mol. The summed E-state index contributed by atoms with van der Waals surface area (Å²) in [5.41, 5.74) is 1.28. The molecule has 0 atom stereocenters. The molecule has 1 aliphatic rings. The van der Waals surface area contributed by atoms with Gasteiger partial charge in [-0.2, -0.15) is 0 Å². The number of nitrogens with one attached hydrogen (secondary N) is 1. The van der Waals surface area contributed by atoms with Crippen LogP contribution in [0.15, 0.2) is 42.1 Å². The van der Waals surface area contributed by atoms with Crippen LogP contribution in [0, 0.1) is 17.0 Å². The number of halogens is 1. The summed E-state index contributed by atoms with van der Waals surface area (Å²) in [4.78, 5) is 24.1. The molecule has 1 saturated heterocycles. The topological polar surface area (TPSA) is 98.5 Å². The number of nitro groups is 1. The Labute approximate surface area is 158 Å². The van der Waals surface area contributed by atoms with Gasteiger partial charge < -0.3 is 10.4 Å². The maximum absolute atomic E-state index is 12.7. The van der Waals surface area contributed by atoms with Crippen LogP contribution in [-0.2, 0) is 4.79 Å². The summed E-state index contributed by atoms with van der Waals surface area (Å²) in [6.07, 6.45) is 1.40. The highest BCUT2D eigenvalue weighted by Gasteiger charge is 2.32. The van der Waals surface area contributed by atoms with Crippen molar-refractivity contribution in [1.29, 1.82) is 0 Å². The van der Waals surface area contributed by atoms with Crippen LogP contribution in [0.1, 0.15) is 11.1 Å². The molecule has 3 rings (SSSR count). The number of aryl methyl sites for hydroxylation is 1. The Morgan fingerprint density at radius 2 is 2.00 bits per heavy atom. The Kier molecular flexibility index (Phi) is 4.62. The fraction of sp³-hybridized carbons (Fsp3) is 0.0588. The average molecular weight is 389 g/mol. The van der Waals surface area contributed by atoms with Gasteiger partial charge in [0.1, 0.15) is 5.70 Å². The lowest BCUT2D eigenvalue weighted by Gasteiger charge is -2.14. The number of carbonyl (C=O) groups is 1. The van der Waals surface area contributed by atoms with E-state index < -0.39 is 22.3 Å². The molecule has 1 amide bonds. The van der Waals surface area contributed by atoms with Crippen molar-refractivity contribution in [3.63, 3.8) is 0 Å². The zero-order valence-corrected chi connectivity index (χ0v) is 14.9. The predicted octanol–water partition coefficient (Wildman–Crippen LogP) is 2.89. The number of anilines is 1. The lowest BCUT2D eigenvalue weighted by molar-refractivity contribution is -0.398. The van der Waals surface area contributed by atoms with E-state index in [-0.39, 0.29) is 10.8 Å². The number of hydrogen-bond acceptors (Lipinski definition) is 5. The SMILES string of the molecule is Cc1ccc(N2C(=O)/C(=C\c3ccc([O-])c([N+](=O)[O-])c3)NC2=S)cc1Cl. The molecular formula is C17H11ClN3O4S-. The third-order valence-corrected chi connectivity index (χ3v) is 4.47. The van der Waals surface area contributed by atoms with Gasteiger partial charge in [-0.05, 0) is 54.2 Å². The largest absolute Gasteiger partial charge is 0.868 e. The quantitative estimate of drug-likeness (QED) is 0.375. The average Bonchev–Trinajstić information content (AvgIpc) is 2.85. The second kappa shape index (κ2) is 6.74. The standard InChI is InChI=1S/C17H12ClN3O4S/c1-9-2-4-11(8-12(9)18)20-16(23)13(19-17(20)26)6-10-3-5-15(22)14(7-10)21(24)25/h2-8,22H,1H3,(H,19,26)/p-1/b13-6+. The van der Waals surface area contributed by atoms with Crippen LogP contribution < -0.4 is 15.3 Å². The van der Waals surface area contributed by atoms with Crippen molar-refractivity contribution in [2.75, 3.05) is 4.90 Å². The summed E-state index contributed by atoms with van der Waals surface area (Å²) in [6.45, 7) is 1.84. The molecule has 2 aromatic carbocycles. The maximum Gasteiger partial charge on any atom is 0.281 e. The lowest BCUT2D eigenvalue weighted by atomic mass is 10.1. The fourth-order valence-corrected chi connectivity index (χ4v) is 2.90. The molecule has 7 nitrogen and oxygen atoms in total. The Morgan fingerprint density at radius 1 is 1.27 bits per heavy atom. The van der Waals surface area contributed by atoms with Crippen LogP contribution in [0.5, 0.6) is 5.75 Å². The summed E-state index contributed by atoms with van der Waals surface area (Å²) < 4.78 is 0. The molecule has 0 spiro atoms. The molecule has 1 aliphatic heterocycles. The molecule has 0 bridgehead atoms. The van der Waals surface area contributed by atoms with Gasteiger partial charge >= 0.3 is 0 Å². The molecule has 9 heteroatoms. The first-order valence-electron chi connectivity index (χ1n) is 7.36. The first-order valence-corrected chi connectivity index (χ1v) is 8.15. The van der Waals surface area contributed by atoms with Crippen LogP contribution in [0.4, 0.5) is 11.4 Å². The summed E-state index contributed by atoms with van der Waals surface area (Å²) in [7, 11) is 0. The molecule has 132 valence electrons. The number of nitrogens with zero attached hydrogens (tertiary/aromatic N) is 2. The predicted molar refractivity (Wildman–Crippen MR) is 99.9 cm³/mol. The number of hydrogen-bond donors (Lipinski definition) is 1. The molecule has 0 unspecified atom stereocenters. The highest BCUT2D eigenvalue weighted by atomic mass is 35.5. The van der Waals surface area contributed by atoms with Crippen molar-refractivity contribution in [3.8, 4) is 5.75 Å². The highest BCUT2D eigenvalue weighted by Crippen LogP contribution is 2.28. The minimum absolute atomic E-state index is 0.139. The van der Waals surface area contributed by atoms with Crippen LogP contribution in [0.3, 0.4) is 0 Å². The number of amides is 1. The van der Waals surface area contributed by atoms with Crippen molar-refractivity contribution >= 4 is 52.3 Å². The van der Waals surface area contributed by atoms with E-state index >= 15 is 0 Å². The van der Waals surface area contributed by atoms with E-state index in [0.29, 0.717) is 16.3 Å². The van der Waals surface area contributed by atoms with Crippen molar-refractivity contribution < 1.29 is 14.8 Å². The van der Waals surface area contributed by atoms with Crippen molar-refractivity contribution in [2.45, 2.75) is 6.92 Å². The van der Waals surface area contributed by atoms with Gasteiger partial charge in [0.15, 0.2) is 5.11 Å². The van der Waals surface area contributed by atoms with Crippen LogP contribution in [-0.4, -0.2) is 15.9 Å². The lowest BCUT2D eigenvalue weighted by Crippen LogP contribution is -2.30. The first-order chi connectivity index (χ1) is 12.3. The molecule has 26 heavy (non-hydrogen) atoms. The summed E-state index contributed by atoms with van der Waals surface area (Å²) in [5, 5.41) is 25.8. The fourth-order valence-electron chi connectivity index (χ4n) is 2.42. The summed E-state index contributed by atoms with van der Waals surface area (Å²) in [5.74, 6) is -1.13. The van der Waals surface area contributed by atoms with Crippen molar-refractivity contribution in [3.05, 3.63) is 68.4 Å². The Balaban J connectivity index is 1.96. The van der Waals surface area contributed by atoms with E-state index in [1.807, 2.05) is 6.92 Å². The Bertz CT molecular complexity index is 990. The van der Waals surface area contributed by atoms with Gasteiger partial charge in [-0.1, -0.05) is 29.8 Å². The van der Waals surface area contributed by atoms with Crippen LogP contribution in [0.25, 0.3) is 6.08 Å². The second-order valence-corrected chi connectivity index (χ2v) is 6.34. The third-order valence-electron chi connectivity index (χ3n) is 3.78. The van der Waals surface area contributed by atoms with E-state index in [1.54, 1.807) is 18.2 Å². The van der Waals surface area contributed by atoms with Gasteiger partial charge in [-0.3, -0.25) is 19.8 Å². The number of carbonyl (C=O) groups excluding carboxylic acids is 1. The summed E-state index contributed by atoms with van der Waals surface area (Å²) >= 11 is 11.3. The molecular weight excluding hydrogens is 378 g/mol. The number of nitro benzene ring substituents is 1. The zero-order chi connectivity index (χ0) is 19.0. The minimum atomic E-state index is -0.764. The molecule has 2 aromatic rings. The first kappa shape index (κ1) is 17.8. The molecule has 0 aromatic heterocycles. The van der Waals surface area contributed by atoms with Crippen molar-refractivity contribution in [2.24, 2.45) is 0 Å². The van der Waals surface area contributed by atoms with Gasteiger partial charge in [0.25, 0.3) is 11.6 Å². The Morgan fingerprint density at radius 3 is 2.65 bits per heavy atom. The molecule has 0 aliphatic carbocycles. The minimum Gasteiger partial charge on any atom is -0.868 e. The zero-order valence-electron chi connectivity index (χ0n) is 13.4. The smallest absolute Gasteiger partial charge is 0.281 e. The normalized spacial score (nSPS) is 15.5. The number of benzene rings is 2. The van der Waals surface area contributed by atoms with Crippen molar-refractivity contribution in [1.82, 2.24) is 5.32 Å². The number of thiocarbonyl (C=S) groups is 1. The second-order valence-electron chi connectivity index (χ2n) is 5.55. The van der Waals surface area contributed by atoms with Gasteiger partial charge in [-0.15, -0.1) is 0 Å². The van der Waals surface area contributed by atoms with Gasteiger partial charge in [-0.25, -0.2) is 0 Å². The van der Waals surface area contributed by atoms with Gasteiger partial charge in [0, 0.05) is 11.1 Å². The molecule has 0 radical (unpaired) electrons. The van der Waals surface area contributed by atoms with Crippen LogP contribution >= 0.6 is 23.8 Å². The molecule has 1 fully saturated rings. The number of rotatable bonds is 3. The molecule has 0 saturated carbocycles. The van der Waals surface area contributed by atoms with Gasteiger partial charge in [0.05, 0.1) is 10.6 Å². The van der Waals surface area contributed by atoms with Crippen LogP contribution in [0.2, 0.25) is 5.02 Å². The van der Waals surface area contributed by atoms with E-state index in [0.717, 1.165) is 17.7 Å². The molecule has 1 heterocycles. The highest BCUT2D eigenvalue weighted by molar-refractivity contribution is 7.80. The Hall–Kier alpha value is -2.97. The van der Waals surface area contributed by atoms with E-state index in [4.69, 9.17) is 23.8 Å². The summed E-state index contributed by atoms with van der Waals surface area (Å²) in [6, 6.07) is 8.70. The maximum atomic E-state index is 12.7. The van der Waals surface area contributed by atoms with E-state index in [9.17, 15) is 20.0 Å². The van der Waals surface area contributed by atoms with Gasteiger partial charge in [0.2, 0.25) is 0 Å². The molecule has 1 N–H and O–H groups in total. The van der Waals surface area contributed by atoms with E-state index in [2.05, 4.69) is 5.32 Å². The third kappa shape index (κ3) is 3.24. The van der Waals surface area contributed by atoms with E-state index in [1.165, 1.54) is 17.0 Å².